The Hall–Kier alpha value is -1.50. The number of esters is 1. The molecular formula is C15H24O6S. The molecule has 126 valence electrons. The number of ether oxygens (including phenoxy) is 2. The average molecular weight is 332 g/mol. The van der Waals surface area contributed by atoms with Gasteiger partial charge >= 0.3 is 11.9 Å². The summed E-state index contributed by atoms with van der Waals surface area (Å²) in [5.41, 5.74) is -0.958. The molecule has 0 aliphatic rings. The SMILES string of the molecule is CCCOC=C(C(=O)O)[C@H](CSC(C)=O)C(=O)OC(C)(C)C. The van der Waals surface area contributed by atoms with Gasteiger partial charge in [-0.2, -0.15) is 0 Å². The van der Waals surface area contributed by atoms with E-state index in [1.807, 2.05) is 6.92 Å². The summed E-state index contributed by atoms with van der Waals surface area (Å²) in [5.74, 6) is -3.02. The van der Waals surface area contributed by atoms with E-state index in [0.29, 0.717) is 13.0 Å². The monoisotopic (exact) mass is 332 g/mol. The number of hydrogen-bond donors (Lipinski definition) is 1. The zero-order valence-corrected chi connectivity index (χ0v) is 14.5. The molecule has 0 aromatic heterocycles. The van der Waals surface area contributed by atoms with Crippen LogP contribution in [0.25, 0.3) is 0 Å². The van der Waals surface area contributed by atoms with E-state index in [0.717, 1.165) is 18.0 Å². The van der Waals surface area contributed by atoms with Crippen molar-refractivity contribution in [3.8, 4) is 0 Å². The van der Waals surface area contributed by atoms with E-state index in [-0.39, 0.29) is 16.4 Å². The molecule has 0 heterocycles. The summed E-state index contributed by atoms with van der Waals surface area (Å²) in [4.78, 5) is 34.8. The van der Waals surface area contributed by atoms with Gasteiger partial charge in [-0.1, -0.05) is 18.7 Å². The van der Waals surface area contributed by atoms with Crippen LogP contribution in [0.4, 0.5) is 0 Å². The third-order valence-electron chi connectivity index (χ3n) is 2.30. The normalized spacial score (nSPS) is 13.4. The van der Waals surface area contributed by atoms with E-state index in [9.17, 15) is 19.5 Å². The lowest BCUT2D eigenvalue weighted by atomic mass is 10.0. The minimum absolute atomic E-state index is 0.00212. The highest BCUT2D eigenvalue weighted by atomic mass is 32.2. The Morgan fingerprint density at radius 3 is 2.27 bits per heavy atom. The molecule has 7 heteroatoms. The Morgan fingerprint density at radius 1 is 1.27 bits per heavy atom. The molecule has 0 bridgehead atoms. The van der Waals surface area contributed by atoms with Gasteiger partial charge in [-0.15, -0.1) is 0 Å². The fourth-order valence-electron chi connectivity index (χ4n) is 1.41. The minimum atomic E-state index is -1.27. The predicted octanol–water partition coefficient (Wildman–Crippen LogP) is 2.62. The van der Waals surface area contributed by atoms with Gasteiger partial charge in [-0.25, -0.2) is 4.79 Å². The fraction of sp³-hybridized carbons (Fsp3) is 0.667. The lowest BCUT2D eigenvalue weighted by Crippen LogP contribution is -2.33. The summed E-state index contributed by atoms with van der Waals surface area (Å²) in [5, 5.41) is 9.10. The molecule has 0 aliphatic heterocycles. The van der Waals surface area contributed by atoms with E-state index in [1.54, 1.807) is 20.8 Å². The summed E-state index contributed by atoms with van der Waals surface area (Å²) < 4.78 is 10.4. The van der Waals surface area contributed by atoms with Crippen molar-refractivity contribution in [3.05, 3.63) is 11.8 Å². The molecule has 0 rings (SSSR count). The third kappa shape index (κ3) is 8.71. The van der Waals surface area contributed by atoms with Gasteiger partial charge in [0.05, 0.1) is 18.4 Å². The molecule has 0 spiro atoms. The van der Waals surface area contributed by atoms with Gasteiger partial charge in [0.2, 0.25) is 0 Å². The second-order valence-corrected chi connectivity index (χ2v) is 6.83. The van der Waals surface area contributed by atoms with Crippen LogP contribution in [0, 0.1) is 5.92 Å². The van der Waals surface area contributed by atoms with Crippen molar-refractivity contribution in [1.82, 2.24) is 0 Å². The topological polar surface area (TPSA) is 89.9 Å². The van der Waals surface area contributed by atoms with Gasteiger partial charge in [-0.05, 0) is 27.2 Å². The highest BCUT2D eigenvalue weighted by Crippen LogP contribution is 2.23. The summed E-state index contributed by atoms with van der Waals surface area (Å²) in [7, 11) is 0. The van der Waals surface area contributed by atoms with Gasteiger partial charge in [0.1, 0.15) is 11.5 Å². The quantitative estimate of drug-likeness (QED) is 0.316. The summed E-state index contributed by atoms with van der Waals surface area (Å²) >= 11 is 0.879. The van der Waals surface area contributed by atoms with Gasteiger partial charge in [0.25, 0.3) is 0 Å². The van der Waals surface area contributed by atoms with Gasteiger partial charge in [0.15, 0.2) is 5.12 Å². The molecule has 0 aromatic carbocycles. The van der Waals surface area contributed by atoms with Gasteiger partial charge in [-0.3, -0.25) is 9.59 Å². The number of carboxylic acids is 1. The van der Waals surface area contributed by atoms with Crippen molar-refractivity contribution in [2.75, 3.05) is 12.4 Å². The second-order valence-electron chi connectivity index (χ2n) is 5.64. The highest BCUT2D eigenvalue weighted by Gasteiger charge is 2.32. The molecule has 1 atom stereocenters. The van der Waals surface area contributed by atoms with E-state index < -0.39 is 23.5 Å². The molecule has 22 heavy (non-hydrogen) atoms. The lowest BCUT2D eigenvalue weighted by molar-refractivity contribution is -0.159. The second kappa shape index (κ2) is 9.50. The van der Waals surface area contributed by atoms with Crippen molar-refractivity contribution < 1.29 is 29.0 Å². The van der Waals surface area contributed by atoms with Crippen LogP contribution >= 0.6 is 11.8 Å². The minimum Gasteiger partial charge on any atom is -0.501 e. The maximum atomic E-state index is 12.2. The highest BCUT2D eigenvalue weighted by molar-refractivity contribution is 8.13. The molecular weight excluding hydrogens is 308 g/mol. The Bertz CT molecular complexity index is 436. The zero-order valence-electron chi connectivity index (χ0n) is 13.7. The Labute approximate surface area is 135 Å². The molecule has 0 radical (unpaired) electrons. The first-order chi connectivity index (χ1) is 10.1. The van der Waals surface area contributed by atoms with Crippen LogP contribution in [0.5, 0.6) is 0 Å². The molecule has 0 aromatic rings. The number of carboxylic acid groups (broad SMARTS) is 1. The lowest BCUT2D eigenvalue weighted by Gasteiger charge is -2.24. The van der Waals surface area contributed by atoms with Crippen molar-refractivity contribution in [2.45, 2.75) is 46.6 Å². The standard InChI is InChI=1S/C15H24O6S/c1-6-7-20-8-11(13(17)18)12(9-22-10(2)16)14(19)21-15(3,4)5/h8,12H,6-7,9H2,1-5H3,(H,17,18)/t12-/m0/s1. The molecule has 6 nitrogen and oxygen atoms in total. The van der Waals surface area contributed by atoms with Crippen molar-refractivity contribution in [3.63, 3.8) is 0 Å². The molecule has 0 saturated heterocycles. The van der Waals surface area contributed by atoms with E-state index in [2.05, 4.69) is 0 Å². The van der Waals surface area contributed by atoms with E-state index in [4.69, 9.17) is 9.47 Å². The summed E-state index contributed by atoms with van der Waals surface area (Å²) in [6.45, 7) is 8.66. The fourth-order valence-corrected chi connectivity index (χ4v) is 2.12. The van der Waals surface area contributed by atoms with Crippen LogP contribution in [-0.4, -0.2) is 40.1 Å². The molecule has 0 fully saturated rings. The number of carbonyl (C=O) groups is 3. The van der Waals surface area contributed by atoms with Crippen LogP contribution in [0.15, 0.2) is 11.8 Å². The van der Waals surface area contributed by atoms with E-state index >= 15 is 0 Å². The predicted molar refractivity (Wildman–Crippen MR) is 84.4 cm³/mol. The van der Waals surface area contributed by atoms with Crippen molar-refractivity contribution >= 4 is 28.8 Å². The van der Waals surface area contributed by atoms with Gasteiger partial charge in [0, 0.05) is 12.7 Å². The van der Waals surface area contributed by atoms with Crippen LogP contribution in [0.1, 0.15) is 41.0 Å². The first kappa shape index (κ1) is 20.5. The van der Waals surface area contributed by atoms with Crippen LogP contribution < -0.4 is 0 Å². The number of aliphatic carboxylic acids is 1. The zero-order chi connectivity index (χ0) is 17.3. The molecule has 0 saturated carbocycles. The van der Waals surface area contributed by atoms with Crippen molar-refractivity contribution in [2.24, 2.45) is 5.92 Å². The Balaban J connectivity index is 5.30. The van der Waals surface area contributed by atoms with Gasteiger partial charge < -0.3 is 14.6 Å². The van der Waals surface area contributed by atoms with E-state index in [1.165, 1.54) is 6.92 Å². The molecule has 0 amide bonds. The smallest absolute Gasteiger partial charge is 0.335 e. The Morgan fingerprint density at radius 2 is 1.86 bits per heavy atom. The van der Waals surface area contributed by atoms with Crippen LogP contribution in [-0.2, 0) is 23.9 Å². The first-order valence-corrected chi connectivity index (χ1v) is 7.98. The number of hydrogen-bond acceptors (Lipinski definition) is 6. The largest absolute Gasteiger partial charge is 0.501 e. The third-order valence-corrected chi connectivity index (χ3v) is 3.21. The first-order valence-electron chi connectivity index (χ1n) is 6.99. The molecule has 0 aliphatic carbocycles. The number of rotatable bonds is 8. The summed E-state index contributed by atoms with van der Waals surface area (Å²) in [6, 6.07) is 0. The van der Waals surface area contributed by atoms with Crippen LogP contribution in [0.2, 0.25) is 0 Å². The summed E-state index contributed by atoms with van der Waals surface area (Å²) in [6.07, 6.45) is 1.78. The Kier molecular flexibility index (Phi) is 8.86. The molecule has 0 unspecified atom stereocenters. The maximum Gasteiger partial charge on any atom is 0.335 e. The van der Waals surface area contributed by atoms with Crippen molar-refractivity contribution in [1.29, 1.82) is 0 Å². The number of thioether (sulfide) groups is 1. The number of carbonyl (C=O) groups excluding carboxylic acids is 2. The maximum absolute atomic E-state index is 12.2. The molecule has 1 N–H and O–H groups in total. The van der Waals surface area contributed by atoms with Crippen LogP contribution in [0.3, 0.4) is 0 Å². The average Bonchev–Trinajstić information content (AvgIpc) is 2.34.